The quantitative estimate of drug-likeness (QED) is 0.893. The van der Waals surface area contributed by atoms with Crippen molar-refractivity contribution in [2.75, 3.05) is 12.9 Å². The summed E-state index contributed by atoms with van der Waals surface area (Å²) in [7, 11) is 1.68. The van der Waals surface area contributed by atoms with E-state index in [1.807, 2.05) is 23.9 Å². The zero-order valence-corrected chi connectivity index (χ0v) is 11.3. The lowest BCUT2D eigenvalue weighted by Crippen LogP contribution is -2.29. The SMILES string of the molecule is COc1ccc(CCC2(O)CSC(C)C2)cc1. The summed E-state index contributed by atoms with van der Waals surface area (Å²) in [6, 6.07) is 8.11. The van der Waals surface area contributed by atoms with Gasteiger partial charge in [-0.1, -0.05) is 19.1 Å². The van der Waals surface area contributed by atoms with Gasteiger partial charge in [0.05, 0.1) is 12.7 Å². The maximum absolute atomic E-state index is 10.4. The molecule has 2 rings (SSSR count). The highest BCUT2D eigenvalue weighted by Crippen LogP contribution is 2.37. The summed E-state index contributed by atoms with van der Waals surface area (Å²) in [5, 5.41) is 11.0. The summed E-state index contributed by atoms with van der Waals surface area (Å²) >= 11 is 1.88. The number of rotatable bonds is 4. The zero-order chi connectivity index (χ0) is 12.3. The minimum atomic E-state index is -0.454. The third kappa shape index (κ3) is 3.39. The highest BCUT2D eigenvalue weighted by Gasteiger charge is 2.35. The first-order chi connectivity index (χ1) is 8.11. The molecule has 2 unspecified atom stereocenters. The van der Waals surface area contributed by atoms with Crippen LogP contribution in [0.2, 0.25) is 0 Å². The first-order valence-corrected chi connectivity index (χ1v) is 7.13. The minimum absolute atomic E-state index is 0.454. The molecule has 1 fully saturated rings. The molecule has 0 amide bonds. The lowest BCUT2D eigenvalue weighted by Gasteiger charge is -2.21. The van der Waals surface area contributed by atoms with E-state index >= 15 is 0 Å². The van der Waals surface area contributed by atoms with E-state index in [-0.39, 0.29) is 0 Å². The van der Waals surface area contributed by atoms with Gasteiger partial charge in [-0.15, -0.1) is 0 Å². The van der Waals surface area contributed by atoms with Crippen molar-refractivity contribution in [1.29, 1.82) is 0 Å². The van der Waals surface area contributed by atoms with Gasteiger partial charge in [0.25, 0.3) is 0 Å². The van der Waals surface area contributed by atoms with Gasteiger partial charge in [0.1, 0.15) is 5.75 Å². The molecule has 1 heterocycles. The van der Waals surface area contributed by atoms with Crippen LogP contribution >= 0.6 is 11.8 Å². The maximum atomic E-state index is 10.4. The molecule has 1 aromatic rings. The number of ether oxygens (including phenoxy) is 1. The molecule has 2 atom stereocenters. The van der Waals surface area contributed by atoms with Crippen LogP contribution in [0.3, 0.4) is 0 Å². The second kappa shape index (κ2) is 5.32. The van der Waals surface area contributed by atoms with Crippen LogP contribution < -0.4 is 4.74 Å². The fourth-order valence-corrected chi connectivity index (χ4v) is 3.58. The van der Waals surface area contributed by atoms with Crippen molar-refractivity contribution < 1.29 is 9.84 Å². The lowest BCUT2D eigenvalue weighted by molar-refractivity contribution is 0.0550. The molecule has 1 aromatic carbocycles. The van der Waals surface area contributed by atoms with Gasteiger partial charge in [-0.2, -0.15) is 11.8 Å². The first kappa shape index (κ1) is 12.8. The summed E-state index contributed by atoms with van der Waals surface area (Å²) in [4.78, 5) is 0. The van der Waals surface area contributed by atoms with Crippen LogP contribution in [0, 0.1) is 0 Å². The number of thioether (sulfide) groups is 1. The average molecular weight is 252 g/mol. The lowest BCUT2D eigenvalue weighted by atomic mass is 9.92. The first-order valence-electron chi connectivity index (χ1n) is 6.08. The molecular weight excluding hydrogens is 232 g/mol. The monoisotopic (exact) mass is 252 g/mol. The van der Waals surface area contributed by atoms with Gasteiger partial charge in [-0.25, -0.2) is 0 Å². The molecule has 0 bridgehead atoms. The van der Waals surface area contributed by atoms with Crippen molar-refractivity contribution in [3.63, 3.8) is 0 Å². The summed E-state index contributed by atoms with van der Waals surface area (Å²) in [5.41, 5.74) is 0.813. The molecule has 0 aliphatic carbocycles. The van der Waals surface area contributed by atoms with Crippen LogP contribution in [0.5, 0.6) is 5.75 Å². The number of benzene rings is 1. The highest BCUT2D eigenvalue weighted by atomic mass is 32.2. The highest BCUT2D eigenvalue weighted by molar-refractivity contribution is 8.00. The maximum Gasteiger partial charge on any atom is 0.118 e. The molecule has 17 heavy (non-hydrogen) atoms. The Labute approximate surface area is 107 Å². The van der Waals surface area contributed by atoms with Gasteiger partial charge in [-0.05, 0) is 37.0 Å². The van der Waals surface area contributed by atoms with Gasteiger partial charge >= 0.3 is 0 Å². The summed E-state index contributed by atoms with van der Waals surface area (Å²) in [5.74, 6) is 1.77. The number of hydrogen-bond acceptors (Lipinski definition) is 3. The van der Waals surface area contributed by atoms with Gasteiger partial charge < -0.3 is 9.84 Å². The molecule has 0 radical (unpaired) electrons. The van der Waals surface area contributed by atoms with E-state index in [1.54, 1.807) is 7.11 Å². The smallest absolute Gasteiger partial charge is 0.118 e. The number of hydrogen-bond donors (Lipinski definition) is 1. The Morgan fingerprint density at radius 1 is 1.41 bits per heavy atom. The molecule has 0 spiro atoms. The second-order valence-corrected chi connectivity index (χ2v) is 6.32. The summed E-state index contributed by atoms with van der Waals surface area (Å²) in [6.45, 7) is 2.19. The Morgan fingerprint density at radius 3 is 2.65 bits per heavy atom. The van der Waals surface area contributed by atoms with Gasteiger partial charge in [0.15, 0.2) is 0 Å². The topological polar surface area (TPSA) is 29.5 Å². The molecule has 94 valence electrons. The van der Waals surface area contributed by atoms with Gasteiger partial charge in [-0.3, -0.25) is 0 Å². The third-order valence-electron chi connectivity index (χ3n) is 3.34. The van der Waals surface area contributed by atoms with E-state index in [2.05, 4.69) is 19.1 Å². The van der Waals surface area contributed by atoms with E-state index in [9.17, 15) is 5.11 Å². The van der Waals surface area contributed by atoms with E-state index in [0.717, 1.165) is 30.8 Å². The summed E-state index contributed by atoms with van der Waals surface area (Å²) in [6.07, 6.45) is 2.72. The number of aliphatic hydroxyl groups is 1. The molecule has 2 nitrogen and oxygen atoms in total. The van der Waals surface area contributed by atoms with Crippen LogP contribution in [0.25, 0.3) is 0 Å². The van der Waals surface area contributed by atoms with E-state index in [4.69, 9.17) is 4.74 Å². The molecule has 1 aliphatic rings. The van der Waals surface area contributed by atoms with E-state index < -0.39 is 5.60 Å². The van der Waals surface area contributed by atoms with E-state index in [1.165, 1.54) is 5.56 Å². The number of methoxy groups -OCH3 is 1. The molecular formula is C14H20O2S. The van der Waals surface area contributed by atoms with Crippen LogP contribution in [-0.2, 0) is 6.42 Å². The molecule has 0 saturated carbocycles. The molecule has 1 N–H and O–H groups in total. The Hall–Kier alpha value is -0.670. The van der Waals surface area contributed by atoms with Crippen LogP contribution in [0.15, 0.2) is 24.3 Å². The Bertz CT molecular complexity index is 363. The van der Waals surface area contributed by atoms with Crippen molar-refractivity contribution in [3.8, 4) is 5.75 Å². The average Bonchev–Trinajstić information content (AvgIpc) is 2.68. The summed E-state index contributed by atoms with van der Waals surface area (Å²) < 4.78 is 5.13. The second-order valence-electron chi connectivity index (χ2n) is 4.90. The third-order valence-corrected chi connectivity index (χ3v) is 4.78. The Balaban J connectivity index is 1.89. The van der Waals surface area contributed by atoms with Crippen molar-refractivity contribution in [1.82, 2.24) is 0 Å². The predicted molar refractivity (Wildman–Crippen MR) is 72.8 cm³/mol. The standard InChI is InChI=1S/C14H20O2S/c1-11-9-14(15,10-17-11)8-7-12-3-5-13(16-2)6-4-12/h3-6,11,15H,7-10H2,1-2H3. The van der Waals surface area contributed by atoms with E-state index in [0.29, 0.717) is 5.25 Å². The predicted octanol–water partition coefficient (Wildman–Crippen LogP) is 2.88. The molecule has 0 aromatic heterocycles. The Kier molecular flexibility index (Phi) is 4.00. The van der Waals surface area contributed by atoms with Gasteiger partial charge in [0, 0.05) is 11.0 Å². The van der Waals surface area contributed by atoms with Crippen LogP contribution in [0.1, 0.15) is 25.3 Å². The van der Waals surface area contributed by atoms with Crippen molar-refractivity contribution in [2.45, 2.75) is 37.0 Å². The minimum Gasteiger partial charge on any atom is -0.497 e. The molecule has 1 aliphatic heterocycles. The fourth-order valence-electron chi connectivity index (χ4n) is 2.29. The van der Waals surface area contributed by atoms with Crippen molar-refractivity contribution in [3.05, 3.63) is 29.8 Å². The van der Waals surface area contributed by atoms with Crippen LogP contribution in [-0.4, -0.2) is 28.8 Å². The largest absolute Gasteiger partial charge is 0.497 e. The number of aryl methyl sites for hydroxylation is 1. The zero-order valence-electron chi connectivity index (χ0n) is 10.5. The fraction of sp³-hybridized carbons (Fsp3) is 0.571. The molecule has 3 heteroatoms. The normalized spacial score (nSPS) is 28.3. The Morgan fingerprint density at radius 2 is 2.12 bits per heavy atom. The van der Waals surface area contributed by atoms with Crippen molar-refractivity contribution in [2.24, 2.45) is 0 Å². The molecule has 1 saturated heterocycles. The van der Waals surface area contributed by atoms with Crippen molar-refractivity contribution >= 4 is 11.8 Å². The van der Waals surface area contributed by atoms with Crippen LogP contribution in [0.4, 0.5) is 0 Å². The van der Waals surface area contributed by atoms with Gasteiger partial charge in [0.2, 0.25) is 0 Å².